The minimum Gasteiger partial charge on any atom is -0.481 e. The highest BCUT2D eigenvalue weighted by Gasteiger charge is 2.17. The van der Waals surface area contributed by atoms with E-state index in [1.807, 2.05) is 24.3 Å². The number of ether oxygens (including phenoxy) is 4. The van der Waals surface area contributed by atoms with Crippen LogP contribution in [0.25, 0.3) is 11.1 Å². The normalized spacial score (nSPS) is 11.1. The second-order valence-electron chi connectivity index (χ2n) is 11.8. The Bertz CT molecular complexity index is 1950. The lowest BCUT2D eigenvalue weighted by atomic mass is 9.92. The van der Waals surface area contributed by atoms with Crippen molar-refractivity contribution in [2.45, 2.75) is 53.2 Å². The molecule has 0 saturated carbocycles. The first-order valence-electron chi connectivity index (χ1n) is 16.3. The van der Waals surface area contributed by atoms with Crippen LogP contribution in [0.2, 0.25) is 10.0 Å². The number of hydrogen-bond donors (Lipinski definition) is 4. The van der Waals surface area contributed by atoms with Crippen molar-refractivity contribution in [3.63, 3.8) is 0 Å². The summed E-state index contributed by atoms with van der Waals surface area (Å²) in [5.74, 6) is 1.43. The van der Waals surface area contributed by atoms with E-state index in [1.54, 1.807) is 38.7 Å². The molecule has 2 aromatic carbocycles. The van der Waals surface area contributed by atoms with E-state index in [9.17, 15) is 0 Å². The molecule has 0 radical (unpaired) electrons. The Labute approximate surface area is 310 Å². The lowest BCUT2D eigenvalue weighted by molar-refractivity contribution is 0.285. The largest absolute Gasteiger partial charge is 0.481 e. The molecule has 0 aliphatic heterocycles. The predicted molar refractivity (Wildman–Crippen MR) is 195 cm³/mol. The first-order chi connectivity index (χ1) is 25.3. The van der Waals surface area contributed by atoms with E-state index in [0.717, 1.165) is 55.9 Å². The molecule has 0 aliphatic carbocycles. The monoisotopic (exact) mass is 744 g/mol. The van der Waals surface area contributed by atoms with Gasteiger partial charge in [0, 0.05) is 37.3 Å². The molecule has 0 bridgehead atoms. The van der Waals surface area contributed by atoms with E-state index < -0.39 is 0 Å². The van der Waals surface area contributed by atoms with E-state index in [0.29, 0.717) is 59.7 Å². The summed E-state index contributed by atoms with van der Waals surface area (Å²) in [6, 6.07) is 15.9. The molecule has 4 heterocycles. The maximum Gasteiger partial charge on any atom is 0.236 e. The molecule has 0 unspecified atom stereocenters. The summed E-state index contributed by atoms with van der Waals surface area (Å²) in [5.41, 5.74) is 9.45. The minimum absolute atomic E-state index is 0.263. The highest BCUT2D eigenvalue weighted by atomic mass is 35.5. The van der Waals surface area contributed by atoms with Crippen LogP contribution in [0.3, 0.4) is 0 Å². The summed E-state index contributed by atoms with van der Waals surface area (Å²) >= 11 is 13.2. The van der Waals surface area contributed by atoms with E-state index in [4.69, 9.17) is 42.1 Å². The van der Waals surface area contributed by atoms with Crippen molar-refractivity contribution in [3.8, 4) is 34.6 Å². The van der Waals surface area contributed by atoms with Gasteiger partial charge >= 0.3 is 0 Å². The molecule has 4 N–H and O–H groups in total. The Morgan fingerprint density at radius 3 is 1.42 bits per heavy atom. The van der Waals surface area contributed by atoms with Gasteiger partial charge in [-0.1, -0.05) is 59.6 Å². The van der Waals surface area contributed by atoms with Crippen molar-refractivity contribution in [1.29, 1.82) is 0 Å². The third-order valence-electron chi connectivity index (χ3n) is 8.44. The third kappa shape index (κ3) is 8.77. The van der Waals surface area contributed by atoms with Crippen LogP contribution in [0.15, 0.2) is 60.9 Å². The zero-order valence-corrected chi connectivity index (χ0v) is 30.6. The smallest absolute Gasteiger partial charge is 0.236 e. The Morgan fingerprint density at radius 1 is 0.596 bits per heavy atom. The van der Waals surface area contributed by atoms with Gasteiger partial charge in [-0.2, -0.15) is 40.8 Å². The van der Waals surface area contributed by atoms with Gasteiger partial charge in [0.15, 0.2) is 0 Å². The molecular weight excluding hydrogens is 707 g/mol. The van der Waals surface area contributed by atoms with Crippen LogP contribution in [-0.4, -0.2) is 55.0 Å². The lowest BCUT2D eigenvalue weighted by Gasteiger charge is -2.17. The van der Waals surface area contributed by atoms with Gasteiger partial charge in [-0.05, 0) is 59.4 Å². The number of pyridine rings is 2. The van der Waals surface area contributed by atoms with Gasteiger partial charge in [-0.25, -0.2) is 0 Å². The van der Waals surface area contributed by atoms with Crippen molar-refractivity contribution in [2.75, 3.05) is 14.2 Å². The van der Waals surface area contributed by atoms with Gasteiger partial charge in [0.25, 0.3) is 0 Å². The maximum atomic E-state index is 6.62. The number of nitrogens with one attached hydrogen (secondary N) is 4. The number of benzene rings is 2. The Morgan fingerprint density at radius 2 is 1.04 bits per heavy atom. The average Bonchev–Trinajstić information content (AvgIpc) is 3.87. The zero-order chi connectivity index (χ0) is 36.5. The quantitative estimate of drug-likeness (QED) is 0.0853. The van der Waals surface area contributed by atoms with Crippen LogP contribution >= 0.6 is 23.2 Å². The van der Waals surface area contributed by atoms with Crippen LogP contribution in [0.4, 0.5) is 0 Å². The standard InChI is InChI=1S/C36H38Cl2N10O4/c1-21-23(19-51-35-31(37)11-25(33(43-35)49-3)13-39-15-27-17-41-47-45-27)7-5-9-29(21)30-10-6-8-24(22(30)2)20-52-36-32(38)12-26(34(44-36)50-4)14-40-16-28-18-42-48-46-28/h5-12,17-18,39-40H,13-16,19-20H2,1-4H3,(H,41,45,47)(H,42,46,48). The van der Waals surface area contributed by atoms with Crippen molar-refractivity contribution >= 4 is 23.2 Å². The summed E-state index contributed by atoms with van der Waals surface area (Å²) < 4.78 is 23.4. The van der Waals surface area contributed by atoms with Gasteiger partial charge < -0.3 is 29.6 Å². The SMILES string of the molecule is COc1nc(OCc2cccc(-c3cccc(COc4nc(OC)c(CNCc5cn[nH]n5)cc4Cl)c3C)c2C)c(Cl)cc1CNCc1cn[nH]n1. The molecule has 4 aromatic heterocycles. The van der Waals surface area contributed by atoms with Crippen LogP contribution in [0, 0.1) is 13.8 Å². The molecule has 0 amide bonds. The molecule has 16 heteroatoms. The average molecular weight is 746 g/mol. The van der Waals surface area contributed by atoms with E-state index in [2.05, 4.69) is 77.4 Å². The Hall–Kier alpha value is -5.28. The molecule has 14 nitrogen and oxygen atoms in total. The highest BCUT2D eigenvalue weighted by molar-refractivity contribution is 6.32. The topological polar surface area (TPSA) is 170 Å². The summed E-state index contributed by atoms with van der Waals surface area (Å²) in [6.45, 7) is 6.68. The van der Waals surface area contributed by atoms with Gasteiger partial charge in [0.2, 0.25) is 23.5 Å². The van der Waals surface area contributed by atoms with Crippen molar-refractivity contribution in [1.82, 2.24) is 51.4 Å². The second-order valence-corrected chi connectivity index (χ2v) is 12.6. The van der Waals surface area contributed by atoms with Gasteiger partial charge in [0.05, 0.1) is 38.0 Å². The predicted octanol–water partition coefficient (Wildman–Crippen LogP) is 6.06. The molecule has 0 spiro atoms. The molecule has 270 valence electrons. The molecule has 0 aliphatic rings. The number of aromatic amines is 2. The number of aromatic nitrogens is 8. The van der Waals surface area contributed by atoms with Gasteiger partial charge in [-0.15, -0.1) is 0 Å². The van der Waals surface area contributed by atoms with Crippen LogP contribution in [0.1, 0.15) is 44.8 Å². The second kappa shape index (κ2) is 17.3. The van der Waals surface area contributed by atoms with Gasteiger partial charge in [-0.3, -0.25) is 0 Å². The molecule has 52 heavy (non-hydrogen) atoms. The molecular formula is C36H38Cl2N10O4. The van der Waals surface area contributed by atoms with E-state index >= 15 is 0 Å². The number of hydrogen-bond acceptors (Lipinski definition) is 12. The number of nitrogens with zero attached hydrogens (tertiary/aromatic N) is 6. The minimum atomic E-state index is 0.263. The number of methoxy groups -OCH3 is 2. The van der Waals surface area contributed by atoms with Gasteiger partial charge in [0.1, 0.15) is 23.3 Å². The maximum absolute atomic E-state index is 6.62. The zero-order valence-electron chi connectivity index (χ0n) is 29.1. The summed E-state index contributed by atoms with van der Waals surface area (Å²) in [4.78, 5) is 9.10. The Balaban J connectivity index is 1.12. The third-order valence-corrected chi connectivity index (χ3v) is 8.98. The number of rotatable bonds is 17. The highest BCUT2D eigenvalue weighted by Crippen LogP contribution is 2.34. The molecule has 6 rings (SSSR count). The van der Waals surface area contributed by atoms with Crippen LogP contribution in [-0.2, 0) is 39.4 Å². The van der Waals surface area contributed by atoms with Crippen molar-refractivity contribution in [2.24, 2.45) is 0 Å². The van der Waals surface area contributed by atoms with E-state index in [-0.39, 0.29) is 13.2 Å². The molecule has 6 aromatic rings. The first kappa shape index (κ1) is 36.5. The summed E-state index contributed by atoms with van der Waals surface area (Å²) in [6.07, 6.45) is 3.32. The van der Waals surface area contributed by atoms with Crippen LogP contribution in [0.5, 0.6) is 23.5 Å². The van der Waals surface area contributed by atoms with Crippen molar-refractivity contribution < 1.29 is 18.9 Å². The summed E-state index contributed by atoms with van der Waals surface area (Å²) in [5, 5.41) is 28.3. The molecule has 0 saturated heterocycles. The fraction of sp³-hybridized carbons (Fsp3) is 0.278. The Kier molecular flexibility index (Phi) is 12.1. The molecule has 0 fully saturated rings. The number of halogens is 2. The van der Waals surface area contributed by atoms with E-state index in [1.165, 1.54) is 0 Å². The fourth-order valence-corrected chi connectivity index (χ4v) is 6.08. The summed E-state index contributed by atoms with van der Waals surface area (Å²) in [7, 11) is 3.13. The van der Waals surface area contributed by atoms with Crippen molar-refractivity contribution in [3.05, 3.63) is 116 Å². The van der Waals surface area contributed by atoms with Crippen LogP contribution < -0.4 is 29.6 Å². The molecule has 0 atom stereocenters. The first-order valence-corrected chi connectivity index (χ1v) is 17.1. The number of H-pyrrole nitrogens is 2. The lowest BCUT2D eigenvalue weighted by Crippen LogP contribution is -2.14. The fourth-order valence-electron chi connectivity index (χ4n) is 5.62.